The Morgan fingerprint density at radius 3 is 3.13 bits per heavy atom. The van der Waals surface area contributed by atoms with Crippen molar-refractivity contribution >= 4 is 11.7 Å². The summed E-state index contributed by atoms with van der Waals surface area (Å²) in [5, 5.41) is 10.7. The highest BCUT2D eigenvalue weighted by Gasteiger charge is 2.23. The maximum atomic E-state index is 12.0. The average Bonchev–Trinajstić information content (AvgIpc) is 3.18. The molecule has 1 amide bonds. The van der Waals surface area contributed by atoms with Gasteiger partial charge in [0, 0.05) is 25.1 Å². The summed E-state index contributed by atoms with van der Waals surface area (Å²) < 4.78 is 6.81. The van der Waals surface area contributed by atoms with E-state index in [0.717, 1.165) is 26.1 Å². The number of carbonyl (C=O) groups is 1. The summed E-state index contributed by atoms with van der Waals surface area (Å²) in [5.74, 6) is 1.12. The molecule has 1 fully saturated rings. The largest absolute Gasteiger partial charge is 0.360 e. The molecule has 1 aliphatic heterocycles. The van der Waals surface area contributed by atoms with E-state index >= 15 is 0 Å². The van der Waals surface area contributed by atoms with Gasteiger partial charge in [-0.1, -0.05) is 11.6 Å². The lowest BCUT2D eigenvalue weighted by Crippen LogP contribution is -2.43. The number of anilines is 1. The van der Waals surface area contributed by atoms with E-state index in [2.05, 4.69) is 25.5 Å². The van der Waals surface area contributed by atoms with Gasteiger partial charge in [-0.05, 0) is 26.3 Å². The van der Waals surface area contributed by atoms with Gasteiger partial charge in [-0.15, -0.1) is 0 Å². The standard InChI is InChI=1S/C15H22N6O2/c1-12-8-14(19-23-12)18-15(22)5-7-20-6-3-2-4-13(20)9-21-11-16-10-17-21/h8,10-11,13H,2-7,9H2,1H3,(H,18,19,22)/t13-/m0/s1. The molecule has 3 rings (SSSR count). The summed E-state index contributed by atoms with van der Waals surface area (Å²) in [5.41, 5.74) is 0. The molecule has 1 N–H and O–H groups in total. The predicted octanol–water partition coefficient (Wildman–Crippen LogP) is 1.46. The Morgan fingerprint density at radius 2 is 2.39 bits per heavy atom. The Bertz CT molecular complexity index is 624. The Kier molecular flexibility index (Phi) is 5.02. The lowest BCUT2D eigenvalue weighted by molar-refractivity contribution is -0.116. The van der Waals surface area contributed by atoms with Crippen molar-refractivity contribution in [1.29, 1.82) is 0 Å². The van der Waals surface area contributed by atoms with Gasteiger partial charge in [0.1, 0.15) is 18.4 Å². The third-order valence-electron chi connectivity index (χ3n) is 4.13. The molecule has 0 radical (unpaired) electrons. The van der Waals surface area contributed by atoms with Crippen LogP contribution in [0.5, 0.6) is 0 Å². The quantitative estimate of drug-likeness (QED) is 0.867. The highest BCUT2D eigenvalue weighted by molar-refractivity contribution is 5.89. The fourth-order valence-electron chi connectivity index (χ4n) is 2.98. The number of aryl methyl sites for hydroxylation is 1. The molecule has 8 heteroatoms. The first-order valence-corrected chi connectivity index (χ1v) is 8.00. The second-order valence-electron chi connectivity index (χ2n) is 5.92. The normalized spacial score (nSPS) is 18.9. The molecular weight excluding hydrogens is 296 g/mol. The molecule has 2 aromatic heterocycles. The third kappa shape index (κ3) is 4.38. The molecule has 0 bridgehead atoms. The van der Waals surface area contributed by atoms with E-state index < -0.39 is 0 Å². The number of likely N-dealkylation sites (tertiary alicyclic amines) is 1. The Balaban J connectivity index is 1.49. The molecule has 124 valence electrons. The van der Waals surface area contributed by atoms with Crippen LogP contribution in [0.25, 0.3) is 0 Å². The molecule has 3 heterocycles. The van der Waals surface area contributed by atoms with Gasteiger partial charge in [-0.2, -0.15) is 5.10 Å². The van der Waals surface area contributed by atoms with Crippen molar-refractivity contribution in [3.05, 3.63) is 24.5 Å². The maximum absolute atomic E-state index is 12.0. The Hall–Kier alpha value is -2.22. The molecular formula is C15H22N6O2. The second-order valence-corrected chi connectivity index (χ2v) is 5.92. The number of nitrogens with one attached hydrogen (secondary N) is 1. The van der Waals surface area contributed by atoms with Gasteiger partial charge in [0.05, 0.1) is 6.54 Å². The van der Waals surface area contributed by atoms with E-state index in [1.54, 1.807) is 25.6 Å². The number of rotatable bonds is 6. The van der Waals surface area contributed by atoms with Gasteiger partial charge in [0.2, 0.25) is 5.91 Å². The molecule has 1 saturated heterocycles. The van der Waals surface area contributed by atoms with E-state index in [0.29, 0.717) is 24.0 Å². The van der Waals surface area contributed by atoms with Crippen LogP contribution in [0.2, 0.25) is 0 Å². The van der Waals surface area contributed by atoms with Gasteiger partial charge < -0.3 is 9.84 Å². The molecule has 2 aromatic rings. The van der Waals surface area contributed by atoms with Gasteiger partial charge in [0.25, 0.3) is 0 Å². The third-order valence-corrected chi connectivity index (χ3v) is 4.13. The number of amides is 1. The average molecular weight is 318 g/mol. The van der Waals surface area contributed by atoms with Crippen LogP contribution in [-0.4, -0.2) is 49.9 Å². The van der Waals surface area contributed by atoms with Crippen molar-refractivity contribution in [2.24, 2.45) is 0 Å². The van der Waals surface area contributed by atoms with E-state index in [1.165, 1.54) is 12.8 Å². The summed E-state index contributed by atoms with van der Waals surface area (Å²) in [4.78, 5) is 18.4. The Morgan fingerprint density at radius 1 is 1.48 bits per heavy atom. The second kappa shape index (κ2) is 7.36. The lowest BCUT2D eigenvalue weighted by Gasteiger charge is -2.35. The minimum absolute atomic E-state index is 0.0385. The van der Waals surface area contributed by atoms with Crippen molar-refractivity contribution in [3.63, 3.8) is 0 Å². The molecule has 0 aromatic carbocycles. The molecule has 23 heavy (non-hydrogen) atoms. The van der Waals surface area contributed by atoms with E-state index in [1.807, 2.05) is 4.68 Å². The van der Waals surface area contributed by atoms with Crippen LogP contribution in [0.4, 0.5) is 5.82 Å². The van der Waals surface area contributed by atoms with Crippen LogP contribution in [-0.2, 0) is 11.3 Å². The summed E-state index contributed by atoms with van der Waals surface area (Å²) in [6, 6.07) is 2.12. The van der Waals surface area contributed by atoms with Gasteiger partial charge in [-0.3, -0.25) is 14.4 Å². The van der Waals surface area contributed by atoms with Crippen molar-refractivity contribution < 1.29 is 9.32 Å². The van der Waals surface area contributed by atoms with Crippen molar-refractivity contribution in [2.45, 2.75) is 45.2 Å². The molecule has 0 saturated carbocycles. The predicted molar refractivity (Wildman–Crippen MR) is 83.7 cm³/mol. The van der Waals surface area contributed by atoms with Crippen LogP contribution in [0.1, 0.15) is 31.4 Å². The number of piperidine rings is 1. The smallest absolute Gasteiger partial charge is 0.226 e. The monoisotopic (exact) mass is 318 g/mol. The molecule has 8 nitrogen and oxygen atoms in total. The maximum Gasteiger partial charge on any atom is 0.226 e. The Labute approximate surface area is 134 Å². The van der Waals surface area contributed by atoms with Gasteiger partial charge >= 0.3 is 0 Å². The number of hydrogen-bond donors (Lipinski definition) is 1. The van der Waals surface area contributed by atoms with E-state index in [4.69, 9.17) is 4.52 Å². The molecule has 0 aliphatic carbocycles. The van der Waals surface area contributed by atoms with Crippen LogP contribution >= 0.6 is 0 Å². The molecule has 0 unspecified atom stereocenters. The van der Waals surface area contributed by atoms with Crippen molar-refractivity contribution in [2.75, 3.05) is 18.4 Å². The van der Waals surface area contributed by atoms with Crippen molar-refractivity contribution in [1.82, 2.24) is 24.8 Å². The fourth-order valence-corrected chi connectivity index (χ4v) is 2.98. The zero-order chi connectivity index (χ0) is 16.1. The molecule has 1 atom stereocenters. The minimum Gasteiger partial charge on any atom is -0.360 e. The topological polar surface area (TPSA) is 89.1 Å². The first-order chi connectivity index (χ1) is 11.2. The van der Waals surface area contributed by atoms with Crippen LogP contribution in [0.3, 0.4) is 0 Å². The molecule has 1 aliphatic rings. The summed E-state index contributed by atoms with van der Waals surface area (Å²) in [6.45, 7) is 4.38. The van der Waals surface area contributed by atoms with Gasteiger partial charge in [0.15, 0.2) is 5.82 Å². The summed E-state index contributed by atoms with van der Waals surface area (Å²) in [7, 11) is 0. The highest BCUT2D eigenvalue weighted by atomic mass is 16.5. The summed E-state index contributed by atoms with van der Waals surface area (Å²) in [6.07, 6.45) is 7.27. The van der Waals surface area contributed by atoms with Crippen LogP contribution in [0.15, 0.2) is 23.2 Å². The van der Waals surface area contributed by atoms with Crippen LogP contribution in [0, 0.1) is 6.92 Å². The van der Waals surface area contributed by atoms with E-state index in [-0.39, 0.29) is 5.91 Å². The number of nitrogens with zero attached hydrogens (tertiary/aromatic N) is 5. The number of hydrogen-bond acceptors (Lipinski definition) is 6. The number of carbonyl (C=O) groups excluding carboxylic acids is 1. The van der Waals surface area contributed by atoms with Gasteiger partial charge in [-0.25, -0.2) is 4.98 Å². The lowest BCUT2D eigenvalue weighted by atomic mass is 10.0. The van der Waals surface area contributed by atoms with Crippen LogP contribution < -0.4 is 5.32 Å². The fraction of sp³-hybridized carbons (Fsp3) is 0.600. The zero-order valence-electron chi connectivity index (χ0n) is 13.3. The van der Waals surface area contributed by atoms with E-state index in [9.17, 15) is 4.79 Å². The SMILES string of the molecule is Cc1cc(NC(=O)CCN2CCCC[C@H]2Cn2cncn2)no1. The first kappa shape index (κ1) is 15.7. The highest BCUT2D eigenvalue weighted by Crippen LogP contribution is 2.18. The van der Waals surface area contributed by atoms with Crippen molar-refractivity contribution in [3.8, 4) is 0 Å². The zero-order valence-corrected chi connectivity index (χ0v) is 13.3. The summed E-state index contributed by atoms with van der Waals surface area (Å²) >= 11 is 0. The minimum atomic E-state index is -0.0385. The number of aromatic nitrogens is 4. The first-order valence-electron chi connectivity index (χ1n) is 8.00. The molecule has 0 spiro atoms.